The predicted octanol–water partition coefficient (Wildman–Crippen LogP) is 5.62. The second kappa shape index (κ2) is 8.20. The standard InChI is InChI=1S/C23H15ClFN3O/c24-18-6-3-16(4-7-18)5-12-22(29)21-15-28(20-10-8-19(25)9-11-20)27-23(21)17-2-1-13-26-14-17/h1-15H. The van der Waals surface area contributed by atoms with Gasteiger partial charge in [-0.3, -0.25) is 9.78 Å². The quantitative estimate of drug-likeness (QED) is 0.321. The number of hydrogen-bond acceptors (Lipinski definition) is 3. The molecule has 0 saturated heterocycles. The molecule has 4 aromatic rings. The predicted molar refractivity (Wildman–Crippen MR) is 112 cm³/mol. The molecule has 2 heterocycles. The Morgan fingerprint density at radius 3 is 2.48 bits per heavy atom. The molecule has 0 N–H and O–H groups in total. The lowest BCUT2D eigenvalue weighted by Gasteiger charge is -2.00. The second-order valence-corrected chi connectivity index (χ2v) is 6.74. The highest BCUT2D eigenvalue weighted by Gasteiger charge is 2.17. The molecule has 0 atom stereocenters. The van der Waals surface area contributed by atoms with Gasteiger partial charge < -0.3 is 0 Å². The molecule has 2 aromatic carbocycles. The van der Waals surface area contributed by atoms with Crippen molar-refractivity contribution in [2.24, 2.45) is 0 Å². The molecule has 2 aromatic heterocycles. The molecule has 0 fully saturated rings. The molecule has 0 aliphatic carbocycles. The van der Waals surface area contributed by atoms with Crippen molar-refractivity contribution in [3.8, 4) is 16.9 Å². The minimum Gasteiger partial charge on any atom is -0.289 e. The molecule has 4 rings (SSSR count). The van der Waals surface area contributed by atoms with Gasteiger partial charge in [-0.1, -0.05) is 29.8 Å². The van der Waals surface area contributed by atoms with Crippen LogP contribution in [0.2, 0.25) is 5.02 Å². The van der Waals surface area contributed by atoms with Gasteiger partial charge in [0.1, 0.15) is 11.5 Å². The van der Waals surface area contributed by atoms with Gasteiger partial charge in [-0.2, -0.15) is 5.10 Å². The fourth-order valence-electron chi connectivity index (χ4n) is 2.83. The molecule has 0 spiro atoms. The maximum absolute atomic E-state index is 13.3. The van der Waals surface area contributed by atoms with Crippen LogP contribution in [0.3, 0.4) is 0 Å². The number of nitrogens with zero attached hydrogens (tertiary/aromatic N) is 3. The Hall–Kier alpha value is -3.57. The zero-order valence-corrected chi connectivity index (χ0v) is 15.9. The van der Waals surface area contributed by atoms with E-state index in [1.807, 2.05) is 18.2 Å². The molecule has 142 valence electrons. The third-order valence-electron chi connectivity index (χ3n) is 4.30. The molecule has 0 unspecified atom stereocenters. The molecular formula is C23H15ClFN3O. The first-order valence-corrected chi connectivity index (χ1v) is 9.22. The van der Waals surface area contributed by atoms with Crippen molar-refractivity contribution in [2.75, 3.05) is 0 Å². The van der Waals surface area contributed by atoms with Gasteiger partial charge in [-0.05, 0) is 60.2 Å². The lowest BCUT2D eigenvalue weighted by molar-refractivity contribution is 0.104. The Morgan fingerprint density at radius 2 is 1.79 bits per heavy atom. The number of halogens is 2. The smallest absolute Gasteiger partial charge is 0.189 e. The summed E-state index contributed by atoms with van der Waals surface area (Å²) in [5.74, 6) is -0.539. The summed E-state index contributed by atoms with van der Waals surface area (Å²) in [6.07, 6.45) is 8.17. The van der Waals surface area contributed by atoms with Crippen molar-refractivity contribution >= 4 is 23.5 Å². The summed E-state index contributed by atoms with van der Waals surface area (Å²) >= 11 is 5.90. The molecule has 0 aliphatic rings. The zero-order valence-electron chi connectivity index (χ0n) is 15.2. The Morgan fingerprint density at radius 1 is 1.03 bits per heavy atom. The molecule has 4 nitrogen and oxygen atoms in total. The molecule has 0 radical (unpaired) electrons. The number of allylic oxidation sites excluding steroid dienone is 1. The molecule has 0 bridgehead atoms. The normalized spacial score (nSPS) is 11.1. The van der Waals surface area contributed by atoms with Gasteiger partial charge in [-0.15, -0.1) is 0 Å². The number of ketones is 1. The van der Waals surface area contributed by atoms with E-state index in [1.54, 1.807) is 59.7 Å². The third kappa shape index (κ3) is 4.31. The first kappa shape index (κ1) is 18.8. The largest absolute Gasteiger partial charge is 0.289 e. The first-order chi connectivity index (χ1) is 14.1. The van der Waals surface area contributed by atoms with Crippen molar-refractivity contribution in [2.45, 2.75) is 0 Å². The van der Waals surface area contributed by atoms with E-state index in [0.29, 0.717) is 22.0 Å². The topological polar surface area (TPSA) is 47.8 Å². The summed E-state index contributed by atoms with van der Waals surface area (Å²) in [5.41, 5.74) is 3.16. The van der Waals surface area contributed by atoms with E-state index < -0.39 is 0 Å². The maximum atomic E-state index is 13.3. The van der Waals surface area contributed by atoms with Crippen molar-refractivity contribution in [1.29, 1.82) is 0 Å². The maximum Gasteiger partial charge on any atom is 0.189 e. The SMILES string of the molecule is O=C(C=Cc1ccc(Cl)cc1)c1cn(-c2ccc(F)cc2)nc1-c1cccnc1. The van der Waals surface area contributed by atoms with Gasteiger partial charge in [-0.25, -0.2) is 9.07 Å². The van der Waals surface area contributed by atoms with Crippen LogP contribution in [0.15, 0.2) is 85.3 Å². The summed E-state index contributed by atoms with van der Waals surface area (Å²) in [6.45, 7) is 0. The molecule has 6 heteroatoms. The summed E-state index contributed by atoms with van der Waals surface area (Å²) in [5, 5.41) is 5.18. The minimum atomic E-state index is -0.337. The van der Waals surface area contributed by atoms with E-state index in [0.717, 1.165) is 11.1 Å². The summed E-state index contributed by atoms with van der Waals surface area (Å²) in [4.78, 5) is 17.0. The summed E-state index contributed by atoms with van der Waals surface area (Å²) < 4.78 is 14.8. The number of carbonyl (C=O) groups is 1. The van der Waals surface area contributed by atoms with Gasteiger partial charge in [0.05, 0.1) is 11.3 Å². The minimum absolute atomic E-state index is 0.202. The molecular weight excluding hydrogens is 389 g/mol. The summed E-state index contributed by atoms with van der Waals surface area (Å²) in [6, 6.07) is 16.7. The number of benzene rings is 2. The third-order valence-corrected chi connectivity index (χ3v) is 4.55. The monoisotopic (exact) mass is 403 g/mol. The molecule has 0 aliphatic heterocycles. The van der Waals surface area contributed by atoms with Crippen LogP contribution in [0.4, 0.5) is 4.39 Å². The lowest BCUT2D eigenvalue weighted by Crippen LogP contribution is -1.95. The van der Waals surface area contributed by atoms with Crippen LogP contribution in [0, 0.1) is 5.82 Å². The van der Waals surface area contributed by atoms with Crippen molar-refractivity contribution in [3.63, 3.8) is 0 Å². The second-order valence-electron chi connectivity index (χ2n) is 6.30. The number of carbonyl (C=O) groups excluding carboxylic acids is 1. The highest BCUT2D eigenvalue weighted by atomic mass is 35.5. The van der Waals surface area contributed by atoms with Crippen LogP contribution in [-0.4, -0.2) is 20.5 Å². The zero-order chi connectivity index (χ0) is 20.2. The van der Waals surface area contributed by atoms with Crippen LogP contribution < -0.4 is 0 Å². The van der Waals surface area contributed by atoms with E-state index >= 15 is 0 Å². The van der Waals surface area contributed by atoms with Gasteiger partial charge in [0.2, 0.25) is 0 Å². The average Bonchev–Trinajstić information content (AvgIpc) is 3.20. The Balaban J connectivity index is 1.73. The van der Waals surface area contributed by atoms with E-state index in [1.165, 1.54) is 18.2 Å². The van der Waals surface area contributed by atoms with Crippen LogP contribution >= 0.6 is 11.6 Å². The highest BCUT2D eigenvalue weighted by molar-refractivity contribution is 6.30. The van der Waals surface area contributed by atoms with E-state index in [-0.39, 0.29) is 11.6 Å². The number of rotatable bonds is 5. The van der Waals surface area contributed by atoms with Gasteiger partial charge >= 0.3 is 0 Å². The average molecular weight is 404 g/mol. The van der Waals surface area contributed by atoms with Crippen LogP contribution in [0.25, 0.3) is 23.0 Å². The van der Waals surface area contributed by atoms with E-state index in [4.69, 9.17) is 11.6 Å². The molecule has 0 saturated carbocycles. The van der Waals surface area contributed by atoms with E-state index in [9.17, 15) is 9.18 Å². The number of pyridine rings is 1. The van der Waals surface area contributed by atoms with Crippen LogP contribution in [-0.2, 0) is 0 Å². The van der Waals surface area contributed by atoms with Gasteiger partial charge in [0.25, 0.3) is 0 Å². The molecule has 29 heavy (non-hydrogen) atoms. The highest BCUT2D eigenvalue weighted by Crippen LogP contribution is 2.24. The van der Waals surface area contributed by atoms with Gasteiger partial charge in [0.15, 0.2) is 5.78 Å². The fourth-order valence-corrected chi connectivity index (χ4v) is 2.96. The van der Waals surface area contributed by atoms with Crippen molar-refractivity contribution in [3.05, 3.63) is 107 Å². The van der Waals surface area contributed by atoms with Crippen LogP contribution in [0.5, 0.6) is 0 Å². The fraction of sp³-hybridized carbons (Fsp3) is 0. The van der Waals surface area contributed by atoms with Gasteiger partial charge in [0, 0.05) is 29.2 Å². The van der Waals surface area contributed by atoms with Crippen LogP contribution in [0.1, 0.15) is 15.9 Å². The summed E-state index contributed by atoms with van der Waals surface area (Å²) in [7, 11) is 0. The molecule has 0 amide bonds. The first-order valence-electron chi connectivity index (χ1n) is 8.84. The lowest BCUT2D eigenvalue weighted by atomic mass is 10.1. The van der Waals surface area contributed by atoms with E-state index in [2.05, 4.69) is 10.1 Å². The Kier molecular flexibility index (Phi) is 5.31. The Labute approximate surface area is 171 Å². The van der Waals surface area contributed by atoms with Crippen molar-refractivity contribution < 1.29 is 9.18 Å². The van der Waals surface area contributed by atoms with Crippen molar-refractivity contribution in [1.82, 2.24) is 14.8 Å². The number of hydrogen-bond donors (Lipinski definition) is 0. The number of aromatic nitrogens is 3. The Bertz CT molecular complexity index is 1170.